The minimum atomic E-state index is -1.03. The van der Waals surface area contributed by atoms with E-state index in [0.29, 0.717) is 30.8 Å². The van der Waals surface area contributed by atoms with Gasteiger partial charge in [-0.15, -0.1) is 16.4 Å². The van der Waals surface area contributed by atoms with Crippen LogP contribution in [-0.2, 0) is 17.6 Å². The number of aromatic nitrogens is 3. The number of H-pyrrole nitrogens is 1. The standard InChI is InChI=1S/C13H14N4O3S/c1-2-9-14-11(16-15-9)12(18)17-5-3-8-7(4-6-21-8)10(17)13(19)20/h4,6,10H,2-3,5H2,1H3,(H,19,20)(H,14,15,16). The average Bonchev–Trinajstić information content (AvgIpc) is 3.13. The number of aliphatic carboxylic acids is 1. The van der Waals surface area contributed by atoms with Gasteiger partial charge in [0, 0.05) is 17.8 Å². The van der Waals surface area contributed by atoms with Crippen molar-refractivity contribution in [1.82, 2.24) is 20.1 Å². The quantitative estimate of drug-likeness (QED) is 0.889. The lowest BCUT2D eigenvalue weighted by Crippen LogP contribution is -2.43. The lowest BCUT2D eigenvalue weighted by atomic mass is 10.00. The van der Waals surface area contributed by atoms with E-state index in [1.165, 1.54) is 16.2 Å². The molecule has 2 aromatic heterocycles. The van der Waals surface area contributed by atoms with Crippen LogP contribution in [0.3, 0.4) is 0 Å². The van der Waals surface area contributed by atoms with Gasteiger partial charge in [-0.2, -0.15) is 0 Å². The minimum Gasteiger partial charge on any atom is -0.479 e. The van der Waals surface area contributed by atoms with Crippen LogP contribution in [0.5, 0.6) is 0 Å². The number of nitrogens with zero attached hydrogens (tertiary/aromatic N) is 3. The van der Waals surface area contributed by atoms with Gasteiger partial charge in [-0.25, -0.2) is 9.78 Å². The maximum atomic E-state index is 12.5. The Morgan fingerprint density at radius 3 is 3.05 bits per heavy atom. The second kappa shape index (κ2) is 5.28. The van der Waals surface area contributed by atoms with Crippen LogP contribution in [0.2, 0.25) is 0 Å². The van der Waals surface area contributed by atoms with E-state index in [4.69, 9.17) is 0 Å². The van der Waals surface area contributed by atoms with E-state index >= 15 is 0 Å². The Hall–Kier alpha value is -2.22. The van der Waals surface area contributed by atoms with Crippen molar-refractivity contribution < 1.29 is 14.7 Å². The minimum absolute atomic E-state index is 0.0248. The Morgan fingerprint density at radius 2 is 2.38 bits per heavy atom. The van der Waals surface area contributed by atoms with Crippen molar-refractivity contribution in [3.8, 4) is 0 Å². The van der Waals surface area contributed by atoms with Crippen LogP contribution in [0, 0.1) is 0 Å². The summed E-state index contributed by atoms with van der Waals surface area (Å²) in [6, 6.07) is 0.810. The molecule has 8 heteroatoms. The van der Waals surface area contributed by atoms with E-state index in [0.717, 1.165) is 4.88 Å². The van der Waals surface area contributed by atoms with Gasteiger partial charge in [-0.05, 0) is 23.4 Å². The van der Waals surface area contributed by atoms with Gasteiger partial charge in [0.2, 0.25) is 5.82 Å². The molecular weight excluding hydrogens is 292 g/mol. The van der Waals surface area contributed by atoms with Gasteiger partial charge in [0.1, 0.15) is 5.82 Å². The summed E-state index contributed by atoms with van der Waals surface area (Å²) in [7, 11) is 0. The molecule has 1 aliphatic rings. The highest BCUT2D eigenvalue weighted by Gasteiger charge is 2.38. The zero-order chi connectivity index (χ0) is 15.0. The topological polar surface area (TPSA) is 99.2 Å². The fourth-order valence-electron chi connectivity index (χ4n) is 2.48. The van der Waals surface area contributed by atoms with Crippen molar-refractivity contribution >= 4 is 23.2 Å². The van der Waals surface area contributed by atoms with Gasteiger partial charge >= 0.3 is 5.97 Å². The van der Waals surface area contributed by atoms with Crippen LogP contribution in [0.25, 0.3) is 0 Å². The summed E-state index contributed by atoms with van der Waals surface area (Å²) in [6.45, 7) is 2.26. The molecule has 0 saturated heterocycles. The number of hydrogen-bond acceptors (Lipinski definition) is 5. The molecule has 3 heterocycles. The number of carbonyl (C=O) groups excluding carboxylic acids is 1. The number of aromatic amines is 1. The summed E-state index contributed by atoms with van der Waals surface area (Å²) in [6.07, 6.45) is 1.30. The zero-order valence-corrected chi connectivity index (χ0v) is 12.2. The van der Waals surface area contributed by atoms with Crippen LogP contribution >= 0.6 is 11.3 Å². The second-order valence-electron chi connectivity index (χ2n) is 4.75. The summed E-state index contributed by atoms with van der Waals surface area (Å²) in [5.41, 5.74) is 0.693. The van der Waals surface area contributed by atoms with Gasteiger partial charge < -0.3 is 10.0 Å². The van der Waals surface area contributed by atoms with Crippen molar-refractivity contribution in [3.05, 3.63) is 33.5 Å². The molecule has 0 bridgehead atoms. The number of fused-ring (bicyclic) bond motifs is 1. The van der Waals surface area contributed by atoms with Gasteiger partial charge in [0.25, 0.3) is 5.91 Å². The number of hydrogen-bond donors (Lipinski definition) is 2. The summed E-state index contributed by atoms with van der Waals surface area (Å²) in [5.74, 6) is -0.848. The van der Waals surface area contributed by atoms with Crippen LogP contribution in [0.4, 0.5) is 0 Å². The fourth-order valence-corrected chi connectivity index (χ4v) is 3.38. The molecule has 3 rings (SSSR count). The maximum Gasteiger partial charge on any atom is 0.331 e. The van der Waals surface area contributed by atoms with E-state index in [9.17, 15) is 14.7 Å². The maximum absolute atomic E-state index is 12.5. The summed E-state index contributed by atoms with van der Waals surface area (Å²) in [5, 5.41) is 17.9. The van der Waals surface area contributed by atoms with Crippen molar-refractivity contribution in [3.63, 3.8) is 0 Å². The van der Waals surface area contributed by atoms with Crippen molar-refractivity contribution in [2.45, 2.75) is 25.8 Å². The Balaban J connectivity index is 1.94. The van der Waals surface area contributed by atoms with E-state index in [1.54, 1.807) is 6.07 Å². The van der Waals surface area contributed by atoms with E-state index in [2.05, 4.69) is 15.2 Å². The first-order chi connectivity index (χ1) is 10.1. The molecule has 2 N–H and O–H groups in total. The fraction of sp³-hybridized carbons (Fsp3) is 0.385. The number of carbonyl (C=O) groups is 2. The molecule has 21 heavy (non-hydrogen) atoms. The highest BCUT2D eigenvalue weighted by molar-refractivity contribution is 7.10. The molecule has 0 saturated carbocycles. The SMILES string of the molecule is CCc1nc(C(=O)N2CCc3sccc3C2C(=O)O)n[nH]1. The van der Waals surface area contributed by atoms with Gasteiger partial charge in [0.15, 0.2) is 6.04 Å². The van der Waals surface area contributed by atoms with Gasteiger partial charge in [0.05, 0.1) is 0 Å². The molecule has 110 valence electrons. The van der Waals surface area contributed by atoms with Crippen LogP contribution in [-0.4, -0.2) is 43.6 Å². The van der Waals surface area contributed by atoms with Crippen molar-refractivity contribution in [1.29, 1.82) is 0 Å². The third-order valence-electron chi connectivity index (χ3n) is 3.52. The highest BCUT2D eigenvalue weighted by atomic mass is 32.1. The summed E-state index contributed by atoms with van der Waals surface area (Å²) in [4.78, 5) is 30.5. The molecule has 2 aromatic rings. The monoisotopic (exact) mass is 306 g/mol. The Labute approximate surface area is 124 Å². The smallest absolute Gasteiger partial charge is 0.331 e. The summed E-state index contributed by atoms with van der Waals surface area (Å²) >= 11 is 1.53. The first kappa shape index (κ1) is 13.7. The Morgan fingerprint density at radius 1 is 1.57 bits per heavy atom. The molecule has 1 unspecified atom stereocenters. The van der Waals surface area contributed by atoms with Crippen LogP contribution in [0.1, 0.15) is 39.8 Å². The van der Waals surface area contributed by atoms with E-state index in [1.807, 2.05) is 12.3 Å². The predicted octanol–water partition coefficient (Wildman–Crippen LogP) is 1.25. The van der Waals surface area contributed by atoms with E-state index < -0.39 is 17.9 Å². The van der Waals surface area contributed by atoms with Gasteiger partial charge in [-0.1, -0.05) is 6.92 Å². The number of amides is 1. The Kier molecular flexibility index (Phi) is 3.46. The molecule has 0 radical (unpaired) electrons. The molecule has 0 aromatic carbocycles. The lowest BCUT2D eigenvalue weighted by molar-refractivity contribution is -0.143. The number of aryl methyl sites for hydroxylation is 1. The average molecular weight is 306 g/mol. The van der Waals surface area contributed by atoms with Gasteiger partial charge in [-0.3, -0.25) is 9.89 Å². The number of nitrogens with one attached hydrogen (secondary N) is 1. The number of rotatable bonds is 3. The molecular formula is C13H14N4O3S. The third kappa shape index (κ3) is 2.31. The zero-order valence-electron chi connectivity index (χ0n) is 11.4. The summed E-state index contributed by atoms with van der Waals surface area (Å²) < 4.78 is 0. The number of carboxylic acid groups (broad SMARTS) is 1. The number of carboxylic acids is 1. The Bertz CT molecular complexity index is 693. The third-order valence-corrected chi connectivity index (χ3v) is 4.52. The number of thiophene rings is 1. The molecule has 1 amide bonds. The lowest BCUT2D eigenvalue weighted by Gasteiger charge is -2.32. The molecule has 0 fully saturated rings. The molecule has 0 spiro atoms. The van der Waals surface area contributed by atoms with Crippen LogP contribution < -0.4 is 0 Å². The molecule has 7 nitrogen and oxygen atoms in total. The van der Waals surface area contributed by atoms with E-state index in [-0.39, 0.29) is 5.82 Å². The highest BCUT2D eigenvalue weighted by Crippen LogP contribution is 2.34. The largest absolute Gasteiger partial charge is 0.479 e. The first-order valence-electron chi connectivity index (χ1n) is 6.63. The van der Waals surface area contributed by atoms with Crippen molar-refractivity contribution in [2.75, 3.05) is 6.54 Å². The molecule has 1 aliphatic heterocycles. The van der Waals surface area contributed by atoms with Crippen molar-refractivity contribution in [2.24, 2.45) is 0 Å². The normalized spacial score (nSPS) is 17.6. The second-order valence-corrected chi connectivity index (χ2v) is 5.75. The predicted molar refractivity (Wildman–Crippen MR) is 75.2 cm³/mol. The molecule has 1 atom stereocenters. The first-order valence-corrected chi connectivity index (χ1v) is 7.51. The van der Waals surface area contributed by atoms with Crippen LogP contribution in [0.15, 0.2) is 11.4 Å². The molecule has 0 aliphatic carbocycles.